The van der Waals surface area contributed by atoms with E-state index >= 15 is 0 Å². The average molecular weight is 538 g/mol. The van der Waals surface area contributed by atoms with Crippen LogP contribution >= 0.6 is 23.2 Å². The molecular formula is C20H21Cl2N9O3S. The first kappa shape index (κ1) is 23.6. The van der Waals surface area contributed by atoms with Gasteiger partial charge in [0.2, 0.25) is 10.0 Å². The van der Waals surface area contributed by atoms with Crippen molar-refractivity contribution in [1.82, 2.24) is 34.0 Å². The second kappa shape index (κ2) is 8.82. The third-order valence-electron chi connectivity index (χ3n) is 5.81. The van der Waals surface area contributed by atoms with Crippen LogP contribution in [0.1, 0.15) is 28.9 Å². The summed E-state index contributed by atoms with van der Waals surface area (Å²) in [5, 5.41) is 7.63. The van der Waals surface area contributed by atoms with Gasteiger partial charge in [0.1, 0.15) is 23.2 Å². The summed E-state index contributed by atoms with van der Waals surface area (Å²) in [6, 6.07) is 2.82. The van der Waals surface area contributed by atoms with Gasteiger partial charge in [-0.25, -0.2) is 27.6 Å². The number of sulfonamides is 1. The summed E-state index contributed by atoms with van der Waals surface area (Å²) >= 11 is 12.8. The van der Waals surface area contributed by atoms with Gasteiger partial charge < -0.3 is 16.0 Å². The Morgan fingerprint density at radius 2 is 2.09 bits per heavy atom. The lowest BCUT2D eigenvalue weighted by atomic mass is 10.1. The van der Waals surface area contributed by atoms with Crippen molar-refractivity contribution in [3.05, 3.63) is 52.2 Å². The number of pyridine rings is 1. The molecule has 35 heavy (non-hydrogen) atoms. The van der Waals surface area contributed by atoms with E-state index in [1.54, 1.807) is 35.9 Å². The van der Waals surface area contributed by atoms with E-state index in [9.17, 15) is 13.2 Å². The van der Waals surface area contributed by atoms with Crippen molar-refractivity contribution >= 4 is 61.9 Å². The van der Waals surface area contributed by atoms with Crippen molar-refractivity contribution < 1.29 is 13.2 Å². The monoisotopic (exact) mass is 537 g/mol. The highest BCUT2D eigenvalue weighted by Gasteiger charge is 2.28. The molecule has 4 N–H and O–H groups in total. The molecule has 0 aromatic carbocycles. The predicted molar refractivity (Wildman–Crippen MR) is 132 cm³/mol. The molecular weight excluding hydrogens is 517 g/mol. The lowest BCUT2D eigenvalue weighted by Gasteiger charge is -2.28. The molecule has 1 saturated heterocycles. The number of nitrogens with zero attached hydrogens (tertiary/aromatic N) is 6. The Bertz CT molecular complexity index is 1570. The van der Waals surface area contributed by atoms with E-state index in [1.807, 2.05) is 4.90 Å². The molecule has 4 aromatic heterocycles. The number of nitrogens with two attached hydrogens (primary N) is 1. The van der Waals surface area contributed by atoms with Crippen LogP contribution in [0.25, 0.3) is 11.2 Å². The molecule has 0 unspecified atom stereocenters. The number of nitrogens with one attached hydrogen (secondary N) is 2. The molecule has 0 spiro atoms. The molecule has 12 nitrogen and oxygen atoms in total. The highest BCUT2D eigenvalue weighted by atomic mass is 35.5. The molecule has 1 aliphatic heterocycles. The number of amides is 1. The Morgan fingerprint density at radius 1 is 1.29 bits per heavy atom. The molecule has 1 atom stereocenters. The summed E-state index contributed by atoms with van der Waals surface area (Å²) < 4.78 is 30.0. The molecule has 0 aliphatic carbocycles. The van der Waals surface area contributed by atoms with E-state index in [0.717, 1.165) is 0 Å². The topological polar surface area (TPSA) is 152 Å². The number of imidazole rings is 1. The number of rotatable bonds is 4. The largest absolute Gasteiger partial charge is 0.381 e. The highest BCUT2D eigenvalue weighted by molar-refractivity contribution is 7.89. The lowest BCUT2D eigenvalue weighted by molar-refractivity contribution is 0.0942. The second-order valence-electron chi connectivity index (χ2n) is 8.07. The summed E-state index contributed by atoms with van der Waals surface area (Å²) in [7, 11) is -3.39. The van der Waals surface area contributed by atoms with Crippen LogP contribution in [-0.4, -0.2) is 63.7 Å². The van der Waals surface area contributed by atoms with Gasteiger partial charge in [-0.3, -0.25) is 9.20 Å². The van der Waals surface area contributed by atoms with Gasteiger partial charge in [-0.1, -0.05) is 23.2 Å². The van der Waals surface area contributed by atoms with Gasteiger partial charge in [0.15, 0.2) is 16.6 Å². The third kappa shape index (κ3) is 4.24. The molecule has 184 valence electrons. The standard InChI is InChI=1S/C20H21Cl2N9O3S/c1-11(27-19(32)14-17(23)28-31-5-2-3-24-18(14)31)12-9-13(21)15-16(22)25-10-30(15)20(12)29-6-4-26-35(33,34)8-7-29/h2-3,5,9-11,26H,4,6-8H2,1H3,(H2,23,28)(H,27,32)/t11-/m0/s1. The van der Waals surface area contributed by atoms with Crippen LogP contribution in [0.3, 0.4) is 0 Å². The zero-order valence-electron chi connectivity index (χ0n) is 18.4. The minimum atomic E-state index is -3.39. The fourth-order valence-electron chi connectivity index (χ4n) is 4.19. The van der Waals surface area contributed by atoms with Crippen LogP contribution in [0.2, 0.25) is 10.2 Å². The molecule has 0 saturated carbocycles. The van der Waals surface area contributed by atoms with Crippen LogP contribution in [0, 0.1) is 0 Å². The molecule has 5 heterocycles. The Balaban J connectivity index is 1.57. The minimum Gasteiger partial charge on any atom is -0.381 e. The zero-order valence-corrected chi connectivity index (χ0v) is 20.8. The lowest BCUT2D eigenvalue weighted by Crippen LogP contribution is -2.34. The van der Waals surface area contributed by atoms with Gasteiger partial charge in [0, 0.05) is 37.6 Å². The molecule has 1 aliphatic rings. The van der Waals surface area contributed by atoms with E-state index < -0.39 is 22.0 Å². The molecule has 15 heteroatoms. The number of halogens is 2. The van der Waals surface area contributed by atoms with E-state index in [2.05, 4.69) is 25.1 Å². The Kier molecular flexibility index (Phi) is 5.95. The summed E-state index contributed by atoms with van der Waals surface area (Å²) in [5.74, 6) is 0.119. The van der Waals surface area contributed by atoms with Crippen molar-refractivity contribution in [2.24, 2.45) is 0 Å². The summed E-state index contributed by atoms with van der Waals surface area (Å²) in [6.45, 7) is 2.63. The van der Waals surface area contributed by atoms with Crippen LogP contribution in [0.5, 0.6) is 0 Å². The number of anilines is 2. The van der Waals surface area contributed by atoms with E-state index in [0.29, 0.717) is 34.1 Å². The maximum Gasteiger partial charge on any atom is 0.259 e. The normalized spacial score (nSPS) is 16.9. The minimum absolute atomic E-state index is 0.0484. The number of hydrogen-bond donors (Lipinski definition) is 3. The zero-order chi connectivity index (χ0) is 24.9. The average Bonchev–Trinajstić information content (AvgIpc) is 3.29. The van der Waals surface area contributed by atoms with Crippen LogP contribution in [0.15, 0.2) is 30.9 Å². The number of hydrogen-bond acceptors (Lipinski definition) is 8. The van der Waals surface area contributed by atoms with Gasteiger partial charge in [-0.05, 0) is 19.1 Å². The maximum absolute atomic E-state index is 13.2. The molecule has 5 rings (SSSR count). The van der Waals surface area contributed by atoms with Gasteiger partial charge in [-0.15, -0.1) is 5.10 Å². The predicted octanol–water partition coefficient (Wildman–Crippen LogP) is 1.50. The van der Waals surface area contributed by atoms with E-state index in [1.165, 1.54) is 10.8 Å². The van der Waals surface area contributed by atoms with Crippen LogP contribution < -0.4 is 20.7 Å². The Labute approximate surface area is 210 Å². The molecule has 0 bridgehead atoms. The Morgan fingerprint density at radius 3 is 2.89 bits per heavy atom. The van der Waals surface area contributed by atoms with Crippen molar-refractivity contribution in [2.45, 2.75) is 13.0 Å². The fraction of sp³-hybridized carbons (Fsp3) is 0.300. The van der Waals surface area contributed by atoms with Crippen LogP contribution in [-0.2, 0) is 10.0 Å². The first-order chi connectivity index (χ1) is 16.7. The third-order valence-corrected chi connectivity index (χ3v) is 7.74. The van der Waals surface area contributed by atoms with Crippen molar-refractivity contribution in [3.63, 3.8) is 0 Å². The van der Waals surface area contributed by atoms with Gasteiger partial charge >= 0.3 is 0 Å². The van der Waals surface area contributed by atoms with Crippen molar-refractivity contribution in [3.8, 4) is 0 Å². The first-order valence-corrected chi connectivity index (χ1v) is 13.0. The number of carbonyl (C=O) groups excluding carboxylic acids is 1. The number of fused-ring (bicyclic) bond motifs is 2. The van der Waals surface area contributed by atoms with Gasteiger partial charge in [0.05, 0.1) is 16.8 Å². The number of carbonyl (C=O) groups is 1. The molecule has 4 aromatic rings. The molecule has 1 amide bonds. The summed E-state index contributed by atoms with van der Waals surface area (Å²) in [5.41, 5.74) is 7.62. The second-order valence-corrected chi connectivity index (χ2v) is 10.8. The smallest absolute Gasteiger partial charge is 0.259 e. The number of nitrogen functional groups attached to an aromatic ring is 1. The highest BCUT2D eigenvalue weighted by Crippen LogP contribution is 2.36. The quantitative estimate of drug-likeness (QED) is 0.354. The molecule has 1 fully saturated rings. The van der Waals surface area contributed by atoms with Crippen molar-refractivity contribution in [1.29, 1.82) is 0 Å². The van der Waals surface area contributed by atoms with Gasteiger partial charge in [-0.2, -0.15) is 0 Å². The maximum atomic E-state index is 13.2. The van der Waals surface area contributed by atoms with Crippen LogP contribution in [0.4, 0.5) is 11.6 Å². The SMILES string of the molecule is C[C@H](NC(=O)c1c(N)nn2cccnc12)c1cc(Cl)c2c(Cl)ncn2c1N1CCNS(=O)(=O)CC1. The number of aromatic nitrogens is 5. The van der Waals surface area contributed by atoms with E-state index in [-0.39, 0.29) is 35.4 Å². The van der Waals surface area contributed by atoms with Crippen molar-refractivity contribution in [2.75, 3.05) is 36.0 Å². The summed E-state index contributed by atoms with van der Waals surface area (Å²) in [6.07, 6.45) is 4.72. The first-order valence-electron chi connectivity index (χ1n) is 10.6. The van der Waals surface area contributed by atoms with Gasteiger partial charge in [0.25, 0.3) is 5.91 Å². The fourth-order valence-corrected chi connectivity index (χ4v) is 5.78. The van der Waals surface area contributed by atoms with E-state index in [4.69, 9.17) is 28.9 Å². The molecule has 0 radical (unpaired) electrons. The Hall–Kier alpha value is -3.13. The summed E-state index contributed by atoms with van der Waals surface area (Å²) in [4.78, 5) is 23.5.